The van der Waals surface area contributed by atoms with Gasteiger partial charge in [-0.05, 0) is 11.6 Å². The van der Waals surface area contributed by atoms with E-state index in [-0.39, 0.29) is 6.54 Å². The number of amides is 5. The number of imide groups is 1. The summed E-state index contributed by atoms with van der Waals surface area (Å²) >= 11 is 5.93. The molecule has 0 aliphatic rings. The molecule has 0 radical (unpaired) electrons. The molecule has 0 spiro atoms. The van der Waals surface area contributed by atoms with Crippen LogP contribution in [0.1, 0.15) is 5.56 Å². The number of carbonyl (C=O) groups is 4. The maximum atomic E-state index is 12.0. The molecule has 5 amide bonds. The van der Waals surface area contributed by atoms with Crippen LogP contribution in [0.4, 0.5) is 9.59 Å². The molecule has 0 aliphatic carbocycles. The molecule has 0 fully saturated rings. The first-order valence-corrected chi connectivity index (χ1v) is 6.75. The number of primary amides is 1. The fourth-order valence-corrected chi connectivity index (χ4v) is 1.74. The Morgan fingerprint density at radius 3 is 2.30 bits per heavy atom. The van der Waals surface area contributed by atoms with Gasteiger partial charge in [-0.2, -0.15) is 0 Å². The Hall–Kier alpha value is -2.81. The zero-order valence-corrected chi connectivity index (χ0v) is 12.7. The molecular formula is C13H15ClN4O5. The number of halogens is 1. The number of hydrogen-bond donors (Lipinski definition) is 4. The van der Waals surface area contributed by atoms with Crippen molar-refractivity contribution in [2.75, 3.05) is 13.1 Å². The first-order valence-electron chi connectivity index (χ1n) is 6.38. The van der Waals surface area contributed by atoms with Crippen LogP contribution in [-0.4, -0.2) is 47.0 Å². The lowest BCUT2D eigenvalue weighted by Crippen LogP contribution is -2.51. The molecule has 10 heteroatoms. The Bertz CT molecular complexity index is 622. The molecule has 0 saturated heterocycles. The highest BCUT2D eigenvalue weighted by atomic mass is 35.5. The minimum Gasteiger partial charge on any atom is -0.480 e. The predicted octanol–water partition coefficient (Wildman–Crippen LogP) is 0.131. The molecule has 0 aliphatic heterocycles. The van der Waals surface area contributed by atoms with Crippen LogP contribution in [0.15, 0.2) is 24.3 Å². The van der Waals surface area contributed by atoms with E-state index in [0.717, 1.165) is 0 Å². The lowest BCUT2D eigenvalue weighted by Gasteiger charge is -2.19. The van der Waals surface area contributed by atoms with Gasteiger partial charge in [-0.25, -0.2) is 14.5 Å². The quantitative estimate of drug-likeness (QED) is 0.581. The molecule has 1 aromatic carbocycles. The van der Waals surface area contributed by atoms with Gasteiger partial charge in [0, 0.05) is 11.6 Å². The molecule has 124 valence electrons. The van der Waals surface area contributed by atoms with Crippen LogP contribution in [0.25, 0.3) is 0 Å². The molecule has 0 heterocycles. The van der Waals surface area contributed by atoms with Gasteiger partial charge in [0.05, 0.1) is 6.54 Å². The van der Waals surface area contributed by atoms with Crippen LogP contribution in [-0.2, 0) is 16.1 Å². The number of carboxylic acid groups (broad SMARTS) is 1. The average molecular weight is 343 g/mol. The van der Waals surface area contributed by atoms with Crippen molar-refractivity contribution >= 4 is 35.5 Å². The summed E-state index contributed by atoms with van der Waals surface area (Å²) in [4.78, 5) is 45.5. The SMILES string of the molecule is NC(=O)CNC(=O)N(CC(=O)O)C(=O)NCc1ccccc1Cl. The second-order valence-corrected chi connectivity index (χ2v) is 4.76. The number of carbonyl (C=O) groups excluding carboxylic acids is 3. The topological polar surface area (TPSA) is 142 Å². The van der Waals surface area contributed by atoms with E-state index in [1.807, 2.05) is 5.32 Å². The smallest absolute Gasteiger partial charge is 0.326 e. The molecular weight excluding hydrogens is 328 g/mol. The summed E-state index contributed by atoms with van der Waals surface area (Å²) in [5, 5.41) is 13.6. The van der Waals surface area contributed by atoms with Crippen molar-refractivity contribution < 1.29 is 24.3 Å². The van der Waals surface area contributed by atoms with E-state index in [0.29, 0.717) is 15.5 Å². The molecule has 1 aromatic rings. The van der Waals surface area contributed by atoms with Crippen molar-refractivity contribution in [3.63, 3.8) is 0 Å². The lowest BCUT2D eigenvalue weighted by molar-refractivity contribution is -0.137. The largest absolute Gasteiger partial charge is 0.480 e. The Labute approximate surface area is 136 Å². The Balaban J connectivity index is 2.71. The third-order valence-corrected chi connectivity index (χ3v) is 2.95. The average Bonchev–Trinajstić information content (AvgIpc) is 2.49. The van der Waals surface area contributed by atoms with Crippen molar-refractivity contribution in [3.05, 3.63) is 34.9 Å². The molecule has 1 rings (SSSR count). The van der Waals surface area contributed by atoms with E-state index in [9.17, 15) is 19.2 Å². The van der Waals surface area contributed by atoms with Crippen LogP contribution in [0.2, 0.25) is 5.02 Å². The number of nitrogens with two attached hydrogens (primary N) is 1. The molecule has 23 heavy (non-hydrogen) atoms. The Morgan fingerprint density at radius 2 is 1.74 bits per heavy atom. The molecule has 0 bridgehead atoms. The summed E-state index contributed by atoms with van der Waals surface area (Å²) in [6.07, 6.45) is 0. The third kappa shape index (κ3) is 6.22. The summed E-state index contributed by atoms with van der Waals surface area (Å²) in [5.41, 5.74) is 5.46. The normalized spacial score (nSPS) is 9.78. The molecule has 0 atom stereocenters. The molecule has 0 saturated carbocycles. The summed E-state index contributed by atoms with van der Waals surface area (Å²) in [6.45, 7) is -1.40. The number of nitrogens with one attached hydrogen (secondary N) is 2. The molecule has 9 nitrogen and oxygen atoms in total. The number of rotatable bonds is 6. The number of benzene rings is 1. The number of carboxylic acids is 1. The summed E-state index contributed by atoms with van der Waals surface area (Å²) in [6, 6.07) is 4.70. The van der Waals surface area contributed by atoms with Crippen LogP contribution >= 0.6 is 11.6 Å². The Morgan fingerprint density at radius 1 is 1.13 bits per heavy atom. The van der Waals surface area contributed by atoms with E-state index in [4.69, 9.17) is 22.4 Å². The van der Waals surface area contributed by atoms with Crippen LogP contribution in [0.5, 0.6) is 0 Å². The van der Waals surface area contributed by atoms with Gasteiger partial charge in [0.1, 0.15) is 6.54 Å². The van der Waals surface area contributed by atoms with Gasteiger partial charge in [0.25, 0.3) is 0 Å². The Kier molecular flexibility index (Phi) is 6.81. The number of aliphatic carboxylic acids is 1. The minimum absolute atomic E-state index is 0.00226. The third-order valence-electron chi connectivity index (χ3n) is 2.59. The first-order chi connectivity index (χ1) is 10.8. The molecule has 0 aromatic heterocycles. The van der Waals surface area contributed by atoms with Crippen molar-refractivity contribution in [1.29, 1.82) is 0 Å². The lowest BCUT2D eigenvalue weighted by atomic mass is 10.2. The van der Waals surface area contributed by atoms with Gasteiger partial charge in [0.15, 0.2) is 0 Å². The van der Waals surface area contributed by atoms with E-state index < -0.39 is 37.0 Å². The molecule has 0 unspecified atom stereocenters. The van der Waals surface area contributed by atoms with Crippen molar-refractivity contribution in [2.24, 2.45) is 5.73 Å². The maximum absolute atomic E-state index is 12.0. The number of nitrogens with zero attached hydrogens (tertiary/aromatic N) is 1. The van der Waals surface area contributed by atoms with Crippen molar-refractivity contribution in [3.8, 4) is 0 Å². The monoisotopic (exact) mass is 342 g/mol. The first kappa shape index (κ1) is 18.2. The maximum Gasteiger partial charge on any atom is 0.326 e. The highest BCUT2D eigenvalue weighted by Crippen LogP contribution is 2.14. The van der Waals surface area contributed by atoms with Gasteiger partial charge < -0.3 is 21.5 Å². The zero-order valence-electron chi connectivity index (χ0n) is 11.9. The fraction of sp³-hybridized carbons (Fsp3) is 0.231. The van der Waals surface area contributed by atoms with Crippen LogP contribution in [0, 0.1) is 0 Å². The minimum atomic E-state index is -1.40. The highest BCUT2D eigenvalue weighted by molar-refractivity contribution is 6.31. The zero-order chi connectivity index (χ0) is 17.4. The van der Waals surface area contributed by atoms with Gasteiger partial charge in [-0.15, -0.1) is 0 Å². The van der Waals surface area contributed by atoms with E-state index in [1.165, 1.54) is 0 Å². The number of hydrogen-bond acceptors (Lipinski definition) is 4. The van der Waals surface area contributed by atoms with Crippen LogP contribution < -0.4 is 16.4 Å². The van der Waals surface area contributed by atoms with Crippen molar-refractivity contribution in [1.82, 2.24) is 15.5 Å². The number of urea groups is 2. The summed E-state index contributed by atoms with van der Waals surface area (Å²) < 4.78 is 0. The summed E-state index contributed by atoms with van der Waals surface area (Å²) in [7, 11) is 0. The van der Waals surface area contributed by atoms with Gasteiger partial charge in [-0.1, -0.05) is 29.8 Å². The summed E-state index contributed by atoms with van der Waals surface area (Å²) in [5.74, 6) is -2.22. The molecule has 5 N–H and O–H groups in total. The van der Waals surface area contributed by atoms with E-state index in [1.54, 1.807) is 24.3 Å². The van der Waals surface area contributed by atoms with Crippen molar-refractivity contribution in [2.45, 2.75) is 6.54 Å². The van der Waals surface area contributed by atoms with Gasteiger partial charge in [0.2, 0.25) is 5.91 Å². The van der Waals surface area contributed by atoms with Gasteiger partial charge >= 0.3 is 18.0 Å². The standard InChI is InChI=1S/C13H15ClN4O5/c14-9-4-2-1-3-8(9)5-16-12(22)18(7-11(20)21)13(23)17-6-10(15)19/h1-4H,5-7H2,(H2,15,19)(H,16,22)(H,17,23)(H,20,21). The predicted molar refractivity (Wildman–Crippen MR) is 80.6 cm³/mol. The second-order valence-electron chi connectivity index (χ2n) is 4.36. The van der Waals surface area contributed by atoms with E-state index in [2.05, 4.69) is 5.32 Å². The highest BCUT2D eigenvalue weighted by Gasteiger charge is 2.24. The van der Waals surface area contributed by atoms with E-state index >= 15 is 0 Å². The van der Waals surface area contributed by atoms with Crippen LogP contribution in [0.3, 0.4) is 0 Å². The van der Waals surface area contributed by atoms with Gasteiger partial charge in [-0.3, -0.25) is 9.59 Å². The second kappa shape index (κ2) is 8.59. The fourth-order valence-electron chi connectivity index (χ4n) is 1.54.